The largest absolute Gasteiger partial charge is 0.371 e. The maximum Gasteiger partial charge on any atom is 0.251 e. The third kappa shape index (κ3) is 5.17. The summed E-state index contributed by atoms with van der Waals surface area (Å²) < 4.78 is 25.5. The molecule has 1 heterocycles. The Bertz CT molecular complexity index is 1030. The third-order valence-corrected chi connectivity index (χ3v) is 6.70. The Morgan fingerprint density at radius 1 is 1.03 bits per heavy atom. The molecule has 0 aliphatic carbocycles. The van der Waals surface area contributed by atoms with Crippen molar-refractivity contribution in [2.45, 2.75) is 17.7 Å². The first-order chi connectivity index (χ1) is 14.3. The van der Waals surface area contributed by atoms with Crippen LogP contribution in [0.25, 0.3) is 0 Å². The van der Waals surface area contributed by atoms with Gasteiger partial charge in [0.05, 0.1) is 11.4 Å². The Hall–Kier alpha value is -2.91. The first-order valence-corrected chi connectivity index (χ1v) is 11.2. The molecule has 30 heavy (non-hydrogen) atoms. The van der Waals surface area contributed by atoms with Gasteiger partial charge >= 0.3 is 0 Å². The maximum atomic E-state index is 12.4. The summed E-state index contributed by atoms with van der Waals surface area (Å²) in [5.74, 6) is -0.884. The van der Waals surface area contributed by atoms with Crippen LogP contribution in [-0.4, -0.2) is 58.3 Å². The highest BCUT2D eigenvalue weighted by Gasteiger charge is 2.19. The quantitative estimate of drug-likeness (QED) is 0.699. The van der Waals surface area contributed by atoms with E-state index in [-0.39, 0.29) is 22.9 Å². The minimum atomic E-state index is -3.65. The third-order valence-electron chi connectivity index (χ3n) is 4.89. The van der Waals surface area contributed by atoms with Crippen molar-refractivity contribution in [3.8, 4) is 0 Å². The Kier molecular flexibility index (Phi) is 6.73. The molecule has 9 heteroatoms. The lowest BCUT2D eigenvalue weighted by atomic mass is 10.2. The van der Waals surface area contributed by atoms with Crippen molar-refractivity contribution in [2.24, 2.45) is 0 Å². The lowest BCUT2D eigenvalue weighted by Crippen LogP contribution is -2.33. The van der Waals surface area contributed by atoms with Crippen LogP contribution in [0.5, 0.6) is 0 Å². The van der Waals surface area contributed by atoms with Crippen molar-refractivity contribution in [1.82, 2.24) is 9.62 Å². The van der Waals surface area contributed by atoms with E-state index in [0.29, 0.717) is 5.69 Å². The Morgan fingerprint density at radius 2 is 1.73 bits per heavy atom. The smallest absolute Gasteiger partial charge is 0.251 e. The minimum Gasteiger partial charge on any atom is -0.371 e. The number of amides is 2. The SMILES string of the molecule is CN(C)S(=O)(=O)c1cccc(C(=O)NCC(=O)Nc2cccc(N3CCCC3)c2)c1. The van der Waals surface area contributed by atoms with Crippen LogP contribution in [0.2, 0.25) is 0 Å². The van der Waals surface area contributed by atoms with Crippen LogP contribution < -0.4 is 15.5 Å². The van der Waals surface area contributed by atoms with Crippen molar-refractivity contribution in [3.05, 3.63) is 54.1 Å². The second kappa shape index (κ2) is 9.27. The van der Waals surface area contributed by atoms with Crippen molar-refractivity contribution in [3.63, 3.8) is 0 Å². The van der Waals surface area contributed by atoms with Gasteiger partial charge in [0.15, 0.2) is 0 Å². The monoisotopic (exact) mass is 430 g/mol. The molecular weight excluding hydrogens is 404 g/mol. The normalized spacial score (nSPS) is 14.0. The minimum absolute atomic E-state index is 0.0170. The molecule has 2 N–H and O–H groups in total. The van der Waals surface area contributed by atoms with Crippen molar-refractivity contribution in [1.29, 1.82) is 0 Å². The fourth-order valence-corrected chi connectivity index (χ4v) is 4.18. The van der Waals surface area contributed by atoms with Gasteiger partial charge in [0.25, 0.3) is 5.91 Å². The molecule has 0 atom stereocenters. The number of carbonyl (C=O) groups excluding carboxylic acids is 2. The topological polar surface area (TPSA) is 98.8 Å². The number of sulfonamides is 1. The molecule has 2 aromatic carbocycles. The molecule has 8 nitrogen and oxygen atoms in total. The highest BCUT2D eigenvalue weighted by Crippen LogP contribution is 2.23. The highest BCUT2D eigenvalue weighted by molar-refractivity contribution is 7.89. The van der Waals surface area contributed by atoms with Crippen LogP contribution >= 0.6 is 0 Å². The fourth-order valence-electron chi connectivity index (χ4n) is 3.23. The predicted octanol–water partition coefficient (Wildman–Crippen LogP) is 1.91. The molecule has 3 rings (SSSR count). The van der Waals surface area contributed by atoms with E-state index >= 15 is 0 Å². The number of nitrogens with zero attached hydrogens (tertiary/aromatic N) is 2. The van der Waals surface area contributed by atoms with E-state index in [0.717, 1.165) is 23.1 Å². The molecule has 2 amide bonds. The zero-order valence-electron chi connectivity index (χ0n) is 17.1. The van der Waals surface area contributed by atoms with E-state index in [2.05, 4.69) is 15.5 Å². The molecule has 160 valence electrons. The molecule has 2 aromatic rings. The van der Waals surface area contributed by atoms with Crippen molar-refractivity contribution < 1.29 is 18.0 Å². The molecule has 1 saturated heterocycles. The second-order valence-electron chi connectivity index (χ2n) is 7.29. The van der Waals surface area contributed by atoms with E-state index in [4.69, 9.17) is 0 Å². The van der Waals surface area contributed by atoms with E-state index < -0.39 is 15.9 Å². The number of rotatable bonds is 7. The summed E-state index contributed by atoms with van der Waals surface area (Å²) in [7, 11) is -0.803. The van der Waals surface area contributed by atoms with E-state index in [9.17, 15) is 18.0 Å². The van der Waals surface area contributed by atoms with Gasteiger partial charge in [-0.05, 0) is 49.2 Å². The molecule has 1 aliphatic rings. The van der Waals surface area contributed by atoms with E-state index in [1.807, 2.05) is 18.2 Å². The lowest BCUT2D eigenvalue weighted by Gasteiger charge is -2.18. The molecule has 1 fully saturated rings. The summed E-state index contributed by atoms with van der Waals surface area (Å²) in [4.78, 5) is 26.9. The standard InChI is InChI=1S/C21H26N4O4S/c1-24(2)30(28,29)19-10-5-7-16(13-19)21(27)22-15-20(26)23-17-8-6-9-18(14-17)25-11-3-4-12-25/h5-10,13-14H,3-4,11-12,15H2,1-2H3,(H,22,27)(H,23,26). The van der Waals surface area contributed by atoms with Gasteiger partial charge in [-0.25, -0.2) is 12.7 Å². The lowest BCUT2D eigenvalue weighted by molar-refractivity contribution is -0.115. The maximum absolute atomic E-state index is 12.4. The molecule has 0 bridgehead atoms. The van der Waals surface area contributed by atoms with Crippen LogP contribution in [0.4, 0.5) is 11.4 Å². The summed E-state index contributed by atoms with van der Waals surface area (Å²) >= 11 is 0. The van der Waals surface area contributed by atoms with E-state index in [1.54, 1.807) is 6.07 Å². The molecular formula is C21H26N4O4S. The number of benzene rings is 2. The van der Waals surface area contributed by atoms with Gasteiger partial charge in [-0.15, -0.1) is 0 Å². The molecule has 0 unspecified atom stereocenters. The van der Waals surface area contributed by atoms with Gasteiger partial charge in [0, 0.05) is 44.1 Å². The number of hydrogen-bond acceptors (Lipinski definition) is 5. The highest BCUT2D eigenvalue weighted by atomic mass is 32.2. The van der Waals surface area contributed by atoms with Gasteiger partial charge in [0.2, 0.25) is 15.9 Å². The average molecular weight is 431 g/mol. The Balaban J connectivity index is 1.59. The van der Waals surface area contributed by atoms with Crippen LogP contribution in [0.15, 0.2) is 53.4 Å². The molecule has 0 saturated carbocycles. The molecule has 0 radical (unpaired) electrons. The van der Waals surface area contributed by atoms with E-state index in [1.165, 1.54) is 51.2 Å². The average Bonchev–Trinajstić information content (AvgIpc) is 3.27. The van der Waals surface area contributed by atoms with Gasteiger partial charge in [-0.3, -0.25) is 9.59 Å². The summed E-state index contributed by atoms with van der Waals surface area (Å²) in [5, 5.41) is 5.31. The molecule has 0 aromatic heterocycles. The summed E-state index contributed by atoms with van der Waals surface area (Å²) in [5.41, 5.74) is 1.90. The summed E-state index contributed by atoms with van der Waals surface area (Å²) in [6.07, 6.45) is 2.33. The zero-order valence-corrected chi connectivity index (χ0v) is 17.9. The Morgan fingerprint density at radius 3 is 2.43 bits per heavy atom. The van der Waals surface area contributed by atoms with Gasteiger partial charge in [-0.1, -0.05) is 12.1 Å². The van der Waals surface area contributed by atoms with Gasteiger partial charge < -0.3 is 15.5 Å². The number of nitrogens with one attached hydrogen (secondary N) is 2. The number of carbonyl (C=O) groups is 2. The Labute approximate surface area is 176 Å². The van der Waals surface area contributed by atoms with Crippen molar-refractivity contribution >= 4 is 33.2 Å². The van der Waals surface area contributed by atoms with Crippen LogP contribution in [0, 0.1) is 0 Å². The van der Waals surface area contributed by atoms with Crippen LogP contribution in [-0.2, 0) is 14.8 Å². The second-order valence-corrected chi connectivity index (χ2v) is 9.44. The number of hydrogen-bond donors (Lipinski definition) is 2. The molecule has 0 spiro atoms. The first-order valence-electron chi connectivity index (χ1n) is 9.73. The van der Waals surface area contributed by atoms with Crippen LogP contribution in [0.1, 0.15) is 23.2 Å². The predicted molar refractivity (Wildman–Crippen MR) is 116 cm³/mol. The fraction of sp³-hybridized carbons (Fsp3) is 0.333. The van der Waals surface area contributed by atoms with Crippen molar-refractivity contribution in [2.75, 3.05) is 43.9 Å². The number of anilines is 2. The van der Waals surface area contributed by atoms with Crippen LogP contribution in [0.3, 0.4) is 0 Å². The summed E-state index contributed by atoms with van der Waals surface area (Å²) in [6, 6.07) is 13.3. The van der Waals surface area contributed by atoms with Gasteiger partial charge in [0.1, 0.15) is 0 Å². The van der Waals surface area contributed by atoms with Gasteiger partial charge in [-0.2, -0.15) is 0 Å². The zero-order chi connectivity index (χ0) is 21.7. The summed E-state index contributed by atoms with van der Waals surface area (Å²) in [6.45, 7) is 1.80. The molecule has 1 aliphatic heterocycles. The first kappa shape index (κ1) is 21.8.